The highest BCUT2D eigenvalue weighted by Crippen LogP contribution is 2.57. The van der Waals surface area contributed by atoms with E-state index >= 15 is 0 Å². The quantitative estimate of drug-likeness (QED) is 0.819. The maximum Gasteiger partial charge on any atom is 0.335 e. The van der Waals surface area contributed by atoms with E-state index in [-0.39, 0.29) is 11.5 Å². The molecule has 0 aromatic heterocycles. The second-order valence-electron chi connectivity index (χ2n) is 8.57. The molecule has 0 amide bonds. The fourth-order valence-corrected chi connectivity index (χ4v) is 4.95. The molecule has 2 aromatic rings. The van der Waals surface area contributed by atoms with Crippen LogP contribution in [0.3, 0.4) is 0 Å². The molecule has 1 fully saturated rings. The van der Waals surface area contributed by atoms with Crippen LogP contribution in [0.2, 0.25) is 0 Å². The highest BCUT2D eigenvalue weighted by molar-refractivity contribution is 5.91. The molecule has 1 aliphatic heterocycles. The third-order valence-corrected chi connectivity index (χ3v) is 6.83. The predicted molar refractivity (Wildman–Crippen MR) is 104 cm³/mol. The summed E-state index contributed by atoms with van der Waals surface area (Å²) >= 11 is 0. The molecule has 2 aliphatic rings. The number of hydrogen-bond acceptors (Lipinski definition) is 3. The van der Waals surface area contributed by atoms with Crippen molar-refractivity contribution in [1.82, 2.24) is 0 Å². The van der Waals surface area contributed by atoms with E-state index in [0.29, 0.717) is 6.42 Å². The molecule has 0 saturated heterocycles. The van der Waals surface area contributed by atoms with Gasteiger partial charge in [0.05, 0.1) is 11.7 Å². The Morgan fingerprint density at radius 2 is 1.85 bits per heavy atom. The summed E-state index contributed by atoms with van der Waals surface area (Å²) in [6, 6.07) is 13.2. The smallest absolute Gasteiger partial charge is 0.335 e. The molecule has 4 nitrogen and oxygen atoms in total. The van der Waals surface area contributed by atoms with Crippen LogP contribution in [0, 0.1) is 11.3 Å². The third-order valence-electron chi connectivity index (χ3n) is 6.83. The van der Waals surface area contributed by atoms with E-state index in [1.54, 1.807) is 12.1 Å². The molecule has 2 aromatic carbocycles. The van der Waals surface area contributed by atoms with Crippen molar-refractivity contribution in [3.8, 4) is 16.9 Å². The van der Waals surface area contributed by atoms with Crippen LogP contribution in [-0.2, 0) is 6.42 Å². The van der Waals surface area contributed by atoms with Crippen LogP contribution in [0.1, 0.15) is 49.5 Å². The highest BCUT2D eigenvalue weighted by atomic mass is 16.5. The van der Waals surface area contributed by atoms with Crippen LogP contribution in [0.15, 0.2) is 42.5 Å². The number of carboxylic acids is 1. The fraction of sp³-hybridized carbons (Fsp3) is 0.435. The molecular formula is C23H26O4. The number of benzene rings is 2. The summed E-state index contributed by atoms with van der Waals surface area (Å²) < 4.78 is 6.70. The molecule has 4 heteroatoms. The summed E-state index contributed by atoms with van der Waals surface area (Å²) in [6.07, 6.45) is 1.84. The normalized spacial score (nSPS) is 28.6. The summed E-state index contributed by atoms with van der Waals surface area (Å²) in [7, 11) is 0. The zero-order valence-electron chi connectivity index (χ0n) is 16.0. The van der Waals surface area contributed by atoms with Crippen molar-refractivity contribution in [2.24, 2.45) is 11.3 Å². The lowest BCUT2D eigenvalue weighted by atomic mass is 9.58. The number of aliphatic hydroxyl groups is 1. The number of ether oxygens (including phenoxy) is 1. The Morgan fingerprint density at radius 1 is 1.15 bits per heavy atom. The number of aliphatic hydroxyl groups excluding tert-OH is 1. The number of carboxylic acid groups (broad SMARTS) is 1. The number of rotatable bonds is 2. The molecule has 27 heavy (non-hydrogen) atoms. The molecule has 1 heterocycles. The second kappa shape index (κ2) is 6.10. The van der Waals surface area contributed by atoms with Gasteiger partial charge in [-0.15, -0.1) is 0 Å². The van der Waals surface area contributed by atoms with Gasteiger partial charge < -0.3 is 14.9 Å². The minimum atomic E-state index is -0.938. The maximum atomic E-state index is 11.7. The molecule has 2 N–H and O–H groups in total. The highest BCUT2D eigenvalue weighted by Gasteiger charge is 2.60. The van der Waals surface area contributed by atoms with Crippen LogP contribution < -0.4 is 4.74 Å². The summed E-state index contributed by atoms with van der Waals surface area (Å²) in [5, 5.41) is 20.3. The Hall–Kier alpha value is -2.33. The van der Waals surface area contributed by atoms with Gasteiger partial charge in [0.1, 0.15) is 11.4 Å². The summed E-state index contributed by atoms with van der Waals surface area (Å²) in [5.41, 5.74) is 1.98. The third kappa shape index (κ3) is 2.58. The molecule has 1 spiro atoms. The minimum Gasteiger partial charge on any atom is -0.485 e. The number of aromatic carboxylic acids is 1. The first-order chi connectivity index (χ1) is 12.8. The van der Waals surface area contributed by atoms with Crippen LogP contribution in [-0.4, -0.2) is 27.9 Å². The standard InChI is InChI=1S/C23H26O4/c1-14-9-10-19(24)22(2,3)23(14)13-17-11-16(21(25)26)12-18(20(17)27-23)15-7-5-4-6-8-15/h4-8,11-12,14,19,24H,9-10,13H2,1-3H3,(H,25,26)/t14-,19+,23+/m1/s1. The zero-order chi connectivity index (χ0) is 19.4. The fourth-order valence-electron chi connectivity index (χ4n) is 4.95. The topological polar surface area (TPSA) is 66.8 Å². The molecule has 0 radical (unpaired) electrons. The van der Waals surface area contributed by atoms with Crippen LogP contribution in [0.25, 0.3) is 11.1 Å². The van der Waals surface area contributed by atoms with E-state index in [2.05, 4.69) is 20.8 Å². The van der Waals surface area contributed by atoms with Crippen molar-refractivity contribution in [2.45, 2.75) is 51.7 Å². The molecule has 142 valence electrons. The Kier molecular flexibility index (Phi) is 4.08. The second-order valence-corrected chi connectivity index (χ2v) is 8.57. The van der Waals surface area contributed by atoms with Gasteiger partial charge in [-0.1, -0.05) is 51.1 Å². The Morgan fingerprint density at radius 3 is 2.52 bits per heavy atom. The SMILES string of the molecule is C[C@@H]1CC[C@H](O)C(C)(C)[C@]12Cc1cc(C(=O)O)cc(-c3ccccc3)c1O2. The van der Waals surface area contributed by atoms with Crippen molar-refractivity contribution in [3.63, 3.8) is 0 Å². The van der Waals surface area contributed by atoms with Gasteiger partial charge in [0.25, 0.3) is 0 Å². The first-order valence-electron chi connectivity index (χ1n) is 9.59. The van der Waals surface area contributed by atoms with E-state index in [1.807, 2.05) is 30.3 Å². The van der Waals surface area contributed by atoms with Crippen molar-refractivity contribution in [1.29, 1.82) is 0 Å². The van der Waals surface area contributed by atoms with E-state index in [4.69, 9.17) is 4.74 Å². The van der Waals surface area contributed by atoms with Gasteiger partial charge in [-0.25, -0.2) is 4.79 Å². The first kappa shape index (κ1) is 18.1. The van der Waals surface area contributed by atoms with Gasteiger partial charge >= 0.3 is 5.97 Å². The van der Waals surface area contributed by atoms with Gasteiger partial charge in [0.2, 0.25) is 0 Å². The summed E-state index contributed by atoms with van der Waals surface area (Å²) in [5.74, 6) is 0.0901. The van der Waals surface area contributed by atoms with E-state index < -0.39 is 23.1 Å². The Labute approximate surface area is 159 Å². The number of fused-ring (bicyclic) bond motifs is 1. The molecular weight excluding hydrogens is 340 g/mol. The predicted octanol–water partition coefficient (Wildman–Crippen LogP) is 4.54. The monoisotopic (exact) mass is 366 g/mol. The lowest BCUT2D eigenvalue weighted by molar-refractivity contribution is -0.156. The average molecular weight is 366 g/mol. The van der Waals surface area contributed by atoms with Crippen molar-refractivity contribution in [3.05, 3.63) is 53.6 Å². The average Bonchev–Trinajstić information content (AvgIpc) is 3.05. The van der Waals surface area contributed by atoms with Crippen molar-refractivity contribution >= 4 is 5.97 Å². The van der Waals surface area contributed by atoms with E-state index in [9.17, 15) is 15.0 Å². The van der Waals surface area contributed by atoms with Crippen LogP contribution >= 0.6 is 0 Å². The summed E-state index contributed by atoms with van der Waals surface area (Å²) in [6.45, 7) is 6.32. The molecule has 4 rings (SSSR count). The zero-order valence-corrected chi connectivity index (χ0v) is 16.0. The van der Waals surface area contributed by atoms with Crippen LogP contribution in [0.4, 0.5) is 0 Å². The molecule has 0 unspecified atom stereocenters. The largest absolute Gasteiger partial charge is 0.485 e. The first-order valence-corrected chi connectivity index (χ1v) is 9.59. The minimum absolute atomic E-state index is 0.264. The lowest BCUT2D eigenvalue weighted by Gasteiger charge is -2.53. The molecule has 1 aliphatic carbocycles. The maximum absolute atomic E-state index is 11.7. The van der Waals surface area contributed by atoms with Crippen molar-refractivity contribution in [2.75, 3.05) is 0 Å². The molecule has 1 saturated carbocycles. The van der Waals surface area contributed by atoms with Crippen molar-refractivity contribution < 1.29 is 19.7 Å². The number of carbonyl (C=O) groups is 1. The lowest BCUT2D eigenvalue weighted by Crippen LogP contribution is -2.61. The Balaban J connectivity index is 1.89. The van der Waals surface area contributed by atoms with E-state index in [1.165, 1.54) is 0 Å². The van der Waals surface area contributed by atoms with Gasteiger partial charge in [-0.05, 0) is 42.0 Å². The summed E-state index contributed by atoms with van der Waals surface area (Å²) in [4.78, 5) is 11.7. The van der Waals surface area contributed by atoms with Gasteiger partial charge in [-0.2, -0.15) is 0 Å². The van der Waals surface area contributed by atoms with Gasteiger partial charge in [-0.3, -0.25) is 0 Å². The van der Waals surface area contributed by atoms with E-state index in [0.717, 1.165) is 35.3 Å². The molecule has 3 atom stereocenters. The van der Waals surface area contributed by atoms with Gasteiger partial charge in [0, 0.05) is 17.4 Å². The van der Waals surface area contributed by atoms with Crippen LogP contribution in [0.5, 0.6) is 5.75 Å². The molecule has 0 bridgehead atoms. The Bertz CT molecular complexity index is 887. The number of hydrogen-bond donors (Lipinski definition) is 2. The van der Waals surface area contributed by atoms with Gasteiger partial charge in [0.15, 0.2) is 0 Å².